The third-order valence-electron chi connectivity index (χ3n) is 19.0. The summed E-state index contributed by atoms with van der Waals surface area (Å²) in [5, 5.41) is 16.6. The molecule has 2 aromatic rings. The maximum absolute atomic E-state index is 14.0. The zero-order chi connectivity index (χ0) is 79.9. The van der Waals surface area contributed by atoms with E-state index in [-0.39, 0.29) is 136 Å². The molecule has 12 amide bonds. The molecule has 0 saturated carbocycles. The zero-order valence-electron chi connectivity index (χ0n) is 65.9. The standard InChI is InChI=1S/C50H81N9O11.C27H42N2O8/c1-13-33(9)44(37(14-2)69-12)57(10)48(66)42(31(5)6)56-47(65)43(32(7)8)58(11)50(68)70-29-34-21-23-35(24-22-34)53-45(63)36(19-18-27-52-49(51)67)54-46(64)41(30(3)4)55-38(60)20-16-15-17-28-59-39(61)25-26-40(59)62;1-20(25(34-4)24-11-8-12-29(24)21(2)30)26(31)28-23(19-22-9-6-5-7-10-22)27(32)37-18-17-36-16-15-35-14-13-33-3/h21-26,30-33,36-37,41-44H,13-20,27-29H2,1-12H3,(H,53,63)(H,54,64)(H,55,60)(H,56,65)(H3,51,52,67);5-7,9-10,20,23-25H,8,11-19H2,1-4H3,(H,28,31)/t33-,36-,37+,41-,42-,43-,44-;20-,23+,24+,25-/m01/s1. The largest absolute Gasteiger partial charge is 0.462 e. The van der Waals surface area contributed by atoms with E-state index in [9.17, 15) is 57.5 Å². The molecular formula is C77H123N11O19. The molecule has 0 unspecified atom stereocenters. The Morgan fingerprint density at radius 1 is 0.626 bits per heavy atom. The molecule has 1 saturated heterocycles. The monoisotopic (exact) mass is 1510 g/mol. The Morgan fingerprint density at radius 2 is 1.24 bits per heavy atom. The Morgan fingerprint density at radius 3 is 1.80 bits per heavy atom. The molecule has 0 spiro atoms. The van der Waals surface area contributed by atoms with E-state index in [1.165, 1.54) is 31.0 Å². The highest BCUT2D eigenvalue weighted by Gasteiger charge is 2.42. The fourth-order valence-electron chi connectivity index (χ4n) is 12.8. The predicted octanol–water partition coefficient (Wildman–Crippen LogP) is 5.82. The van der Waals surface area contributed by atoms with Gasteiger partial charge in [0.15, 0.2) is 0 Å². The number of anilines is 1. The highest BCUT2D eigenvalue weighted by Crippen LogP contribution is 2.28. The molecule has 2 aromatic carbocycles. The number of likely N-dealkylation sites (N-methyl/N-ethyl adjacent to an activating group) is 2. The molecule has 2 aliphatic rings. The summed E-state index contributed by atoms with van der Waals surface area (Å²) in [6.45, 7) is 23.2. The number of nitrogens with zero attached hydrogens (tertiary/aromatic N) is 4. The van der Waals surface area contributed by atoms with E-state index in [2.05, 4.69) is 45.7 Å². The van der Waals surface area contributed by atoms with Crippen molar-refractivity contribution in [2.24, 2.45) is 35.3 Å². The van der Waals surface area contributed by atoms with Crippen molar-refractivity contribution in [3.8, 4) is 0 Å². The lowest BCUT2D eigenvalue weighted by Crippen LogP contribution is -2.60. The summed E-state index contributed by atoms with van der Waals surface area (Å²) in [5.41, 5.74) is 7.04. The van der Waals surface area contributed by atoms with Gasteiger partial charge in [0, 0.05) is 92.7 Å². The summed E-state index contributed by atoms with van der Waals surface area (Å²) < 4.78 is 38.1. The number of amides is 12. The molecule has 0 bridgehead atoms. The van der Waals surface area contributed by atoms with Crippen LogP contribution in [-0.4, -0.2) is 240 Å². The minimum absolute atomic E-state index is 0.0357. The van der Waals surface area contributed by atoms with E-state index in [0.29, 0.717) is 69.9 Å². The number of hydrogen-bond donors (Lipinski definition) is 7. The van der Waals surface area contributed by atoms with Crippen molar-refractivity contribution in [3.63, 3.8) is 0 Å². The lowest BCUT2D eigenvalue weighted by Gasteiger charge is -2.40. The van der Waals surface area contributed by atoms with Gasteiger partial charge in [-0.1, -0.05) is 125 Å². The Bertz CT molecular complexity index is 3140. The summed E-state index contributed by atoms with van der Waals surface area (Å²) in [6, 6.07) is 10.0. The van der Waals surface area contributed by atoms with Crippen LogP contribution in [0.15, 0.2) is 66.7 Å². The third kappa shape index (κ3) is 31.6. The van der Waals surface area contributed by atoms with Gasteiger partial charge in [-0.05, 0) is 91.9 Å². The van der Waals surface area contributed by atoms with Crippen molar-refractivity contribution >= 4 is 76.9 Å². The summed E-state index contributed by atoms with van der Waals surface area (Å²) >= 11 is 0. The minimum Gasteiger partial charge on any atom is -0.462 e. The van der Waals surface area contributed by atoms with Gasteiger partial charge in [0.05, 0.1) is 63.2 Å². The van der Waals surface area contributed by atoms with Crippen LogP contribution in [-0.2, 0) is 94.1 Å². The normalized spacial score (nSPS) is 16.2. The molecule has 2 aliphatic heterocycles. The van der Waals surface area contributed by atoms with Crippen molar-refractivity contribution in [1.29, 1.82) is 0 Å². The molecule has 2 heterocycles. The highest BCUT2D eigenvalue weighted by atomic mass is 16.6. The van der Waals surface area contributed by atoms with Crippen LogP contribution in [0.3, 0.4) is 0 Å². The second kappa shape index (κ2) is 49.4. The maximum atomic E-state index is 14.0. The molecule has 30 nitrogen and oxygen atoms in total. The van der Waals surface area contributed by atoms with Gasteiger partial charge in [-0.3, -0.25) is 53.0 Å². The summed E-state index contributed by atoms with van der Waals surface area (Å²) in [6.07, 6.45) is 6.52. The number of nitrogens with two attached hydrogens (primary N) is 1. The van der Waals surface area contributed by atoms with E-state index in [0.717, 1.165) is 29.7 Å². The molecule has 11 atom stereocenters. The quantitative estimate of drug-likeness (QED) is 0.0233. The number of rotatable bonds is 47. The Balaban J connectivity index is 0.000000671. The smallest absolute Gasteiger partial charge is 0.410 e. The first-order chi connectivity index (χ1) is 50.9. The topological polar surface area (TPSA) is 381 Å². The number of methoxy groups -OCH3 is 3. The van der Waals surface area contributed by atoms with Crippen LogP contribution in [0.25, 0.3) is 0 Å². The van der Waals surface area contributed by atoms with Crippen LogP contribution in [0.2, 0.25) is 0 Å². The minimum atomic E-state index is -1.08. The number of primary amides is 1. The van der Waals surface area contributed by atoms with Crippen molar-refractivity contribution in [1.82, 2.24) is 46.2 Å². The van der Waals surface area contributed by atoms with Crippen molar-refractivity contribution in [3.05, 3.63) is 77.9 Å². The number of unbranched alkanes of at least 4 members (excludes halogenated alkanes) is 2. The number of carbonyl (C=O) groups is 12. The fraction of sp³-hybridized carbons (Fsp3) is 0.662. The van der Waals surface area contributed by atoms with Crippen LogP contribution in [0.5, 0.6) is 0 Å². The Kier molecular flexibility index (Phi) is 42.8. The molecule has 0 radical (unpaired) electrons. The maximum Gasteiger partial charge on any atom is 0.410 e. The van der Waals surface area contributed by atoms with Crippen molar-refractivity contribution < 1.29 is 90.7 Å². The molecule has 8 N–H and O–H groups in total. The number of carbonyl (C=O) groups excluding carboxylic acids is 12. The number of esters is 1. The fourth-order valence-corrected chi connectivity index (χ4v) is 12.8. The summed E-state index contributed by atoms with van der Waals surface area (Å²) in [4.78, 5) is 160. The van der Waals surface area contributed by atoms with Gasteiger partial charge in [0.25, 0.3) is 11.8 Å². The average Bonchev–Trinajstić information content (AvgIpc) is 1.77. The first kappa shape index (κ1) is 92.6. The van der Waals surface area contributed by atoms with Crippen LogP contribution >= 0.6 is 0 Å². The van der Waals surface area contributed by atoms with Crippen LogP contribution < -0.4 is 37.6 Å². The molecule has 107 heavy (non-hydrogen) atoms. The molecule has 0 aromatic heterocycles. The SMILES string of the molecule is CC[C@H](C)[C@@H]([C@@H](CC)OC)N(C)C(=O)[C@@H](NC(=O)[C@H](C(C)C)N(C)C(=O)OCc1ccc(NC(=O)[C@H](CCCNC(N)=O)NC(=O)[C@@H](NC(=O)CCCCCN2C(=O)C=CC2=O)C(C)C)cc1)C(C)C.COCCOCCOCCOC(=O)[C@H](Cc1ccccc1)NC(=O)[C@H](C)[C@@H](OC)[C@@H]1CCCN1C(C)=O. The van der Waals surface area contributed by atoms with E-state index in [1.807, 2.05) is 51.1 Å². The van der Waals surface area contributed by atoms with E-state index < -0.39 is 78.0 Å². The molecular weight excluding hydrogens is 1380 g/mol. The molecule has 30 heteroatoms. The van der Waals surface area contributed by atoms with E-state index in [4.69, 9.17) is 38.9 Å². The number of imide groups is 1. The predicted molar refractivity (Wildman–Crippen MR) is 402 cm³/mol. The van der Waals surface area contributed by atoms with Crippen LogP contribution in [0.1, 0.15) is 151 Å². The number of benzene rings is 2. The first-order valence-corrected chi connectivity index (χ1v) is 37.4. The molecule has 1 fully saturated rings. The second-order valence-corrected chi connectivity index (χ2v) is 28.1. The van der Waals surface area contributed by atoms with Crippen molar-refractivity contribution in [2.45, 2.75) is 208 Å². The van der Waals surface area contributed by atoms with Gasteiger partial charge in [0.1, 0.15) is 43.4 Å². The average molecular weight is 1510 g/mol. The van der Waals surface area contributed by atoms with Crippen molar-refractivity contribution in [2.75, 3.05) is 100 Å². The molecule has 4 rings (SSSR count). The number of hydrogen-bond acceptors (Lipinski definition) is 19. The second-order valence-electron chi connectivity index (χ2n) is 28.1. The molecule has 0 aliphatic carbocycles. The van der Waals surface area contributed by atoms with Crippen LogP contribution in [0.4, 0.5) is 15.3 Å². The summed E-state index contributed by atoms with van der Waals surface area (Å²) in [7, 11) is 8.00. The molecule has 600 valence electrons. The lowest BCUT2D eigenvalue weighted by molar-refractivity contribution is -0.150. The Labute approximate surface area is 632 Å². The lowest BCUT2D eigenvalue weighted by atomic mass is 9.90. The zero-order valence-corrected chi connectivity index (χ0v) is 65.9. The first-order valence-electron chi connectivity index (χ1n) is 37.4. The van der Waals surface area contributed by atoms with Gasteiger partial charge >= 0.3 is 18.1 Å². The van der Waals surface area contributed by atoms with Gasteiger partial charge in [0.2, 0.25) is 41.4 Å². The van der Waals surface area contributed by atoms with E-state index in [1.54, 1.807) is 97.1 Å². The van der Waals surface area contributed by atoms with E-state index >= 15 is 0 Å². The number of ether oxygens (including phenoxy) is 7. The summed E-state index contributed by atoms with van der Waals surface area (Å²) in [5.74, 6) is -5.27. The van der Waals surface area contributed by atoms with Gasteiger partial charge < -0.3 is 80.6 Å². The highest BCUT2D eigenvalue weighted by molar-refractivity contribution is 6.12. The number of urea groups is 1. The van der Waals surface area contributed by atoms with Gasteiger partial charge in [-0.25, -0.2) is 14.4 Å². The number of nitrogens with one attached hydrogen (secondary N) is 6. The third-order valence-corrected chi connectivity index (χ3v) is 19.0. The van der Waals surface area contributed by atoms with Gasteiger partial charge in [-0.2, -0.15) is 0 Å². The Hall–Kier alpha value is -8.58. The van der Waals surface area contributed by atoms with Crippen LogP contribution in [0, 0.1) is 29.6 Å². The van der Waals surface area contributed by atoms with Gasteiger partial charge in [-0.15, -0.1) is 0 Å². The number of likely N-dealkylation sites (tertiary alicyclic amines) is 1.